The third-order valence-electron chi connectivity index (χ3n) is 4.31. The Morgan fingerprint density at radius 2 is 1.52 bits per heavy atom. The lowest BCUT2D eigenvalue weighted by Crippen LogP contribution is -2.33. The first-order valence-corrected chi connectivity index (χ1v) is 10.3. The number of hydrogen-bond acceptors (Lipinski definition) is 4. The van der Waals surface area contributed by atoms with Crippen molar-refractivity contribution in [3.8, 4) is 5.69 Å². The lowest BCUT2D eigenvalue weighted by Gasteiger charge is -2.10. The number of hydrogen-bond donors (Lipinski definition) is 2. The van der Waals surface area contributed by atoms with Crippen LogP contribution in [0.15, 0.2) is 87.3 Å². The van der Waals surface area contributed by atoms with E-state index in [1.54, 1.807) is 24.3 Å². The molecule has 0 spiro atoms. The maximum absolute atomic E-state index is 12.7. The lowest BCUT2D eigenvalue weighted by molar-refractivity contribution is 0.601. The minimum atomic E-state index is -3.80. The summed E-state index contributed by atoms with van der Waals surface area (Å²) in [7, 11) is -3.80. The van der Waals surface area contributed by atoms with Gasteiger partial charge < -0.3 is 4.98 Å². The van der Waals surface area contributed by atoms with E-state index in [0.717, 1.165) is 4.57 Å². The molecule has 1 heterocycles. The predicted molar refractivity (Wildman–Crippen MR) is 112 cm³/mol. The Hall–Kier alpha value is -3.36. The number of anilines is 1. The molecule has 0 atom stereocenters. The van der Waals surface area contributed by atoms with Gasteiger partial charge in [0.15, 0.2) is 0 Å². The van der Waals surface area contributed by atoms with E-state index in [4.69, 9.17) is 11.6 Å². The molecule has 1 aromatic heterocycles. The van der Waals surface area contributed by atoms with Crippen molar-refractivity contribution in [2.75, 3.05) is 4.72 Å². The predicted octanol–water partition coefficient (Wildman–Crippen LogP) is 3.13. The molecule has 146 valence electrons. The summed E-state index contributed by atoms with van der Waals surface area (Å²) in [5.74, 6) is 0. The van der Waals surface area contributed by atoms with Crippen LogP contribution in [0.1, 0.15) is 0 Å². The monoisotopic (exact) mass is 427 g/mol. The average molecular weight is 428 g/mol. The van der Waals surface area contributed by atoms with Gasteiger partial charge in [0.1, 0.15) is 0 Å². The Labute approximate surface area is 170 Å². The van der Waals surface area contributed by atoms with Crippen LogP contribution in [0.4, 0.5) is 5.69 Å². The van der Waals surface area contributed by atoms with Crippen LogP contribution in [0.5, 0.6) is 0 Å². The van der Waals surface area contributed by atoms with E-state index < -0.39 is 21.3 Å². The molecule has 0 aliphatic carbocycles. The van der Waals surface area contributed by atoms with E-state index in [0.29, 0.717) is 21.6 Å². The highest BCUT2D eigenvalue weighted by atomic mass is 35.5. The molecule has 0 fully saturated rings. The Kier molecular flexibility index (Phi) is 4.73. The third kappa shape index (κ3) is 3.67. The maximum atomic E-state index is 12.7. The zero-order chi connectivity index (χ0) is 20.6. The van der Waals surface area contributed by atoms with Crippen LogP contribution >= 0.6 is 11.6 Å². The van der Waals surface area contributed by atoms with Gasteiger partial charge in [-0.05, 0) is 60.7 Å². The van der Waals surface area contributed by atoms with Crippen LogP contribution in [0.25, 0.3) is 16.6 Å². The summed E-state index contributed by atoms with van der Waals surface area (Å²) < 4.78 is 28.4. The Morgan fingerprint density at radius 1 is 0.862 bits per heavy atom. The summed E-state index contributed by atoms with van der Waals surface area (Å²) in [5.41, 5.74) is 0.0125. The summed E-state index contributed by atoms with van der Waals surface area (Å²) in [6, 6.07) is 18.4. The molecule has 0 unspecified atom stereocenters. The molecule has 0 saturated carbocycles. The van der Waals surface area contributed by atoms with Crippen molar-refractivity contribution in [1.29, 1.82) is 0 Å². The topological polar surface area (TPSA) is 101 Å². The van der Waals surface area contributed by atoms with Gasteiger partial charge in [-0.15, -0.1) is 0 Å². The standard InChI is InChI=1S/C20H14ClN3O4S/c21-13-5-11-16(12-6-13)29(27,28)23-14-7-9-15(10-8-14)24-19(25)17-3-1-2-4-18(17)22-20(24)26/h1-12,23H,(H,22,26). The first-order valence-electron chi connectivity index (χ1n) is 8.48. The van der Waals surface area contributed by atoms with Gasteiger partial charge in [-0.25, -0.2) is 17.8 Å². The fraction of sp³-hybridized carbons (Fsp3) is 0. The summed E-state index contributed by atoms with van der Waals surface area (Å²) >= 11 is 5.79. The van der Waals surface area contributed by atoms with Gasteiger partial charge >= 0.3 is 5.69 Å². The van der Waals surface area contributed by atoms with Crippen LogP contribution in [-0.4, -0.2) is 18.0 Å². The van der Waals surface area contributed by atoms with Gasteiger partial charge in [0.05, 0.1) is 21.5 Å². The molecular formula is C20H14ClN3O4S. The van der Waals surface area contributed by atoms with Crippen molar-refractivity contribution < 1.29 is 8.42 Å². The molecule has 0 bridgehead atoms. The largest absolute Gasteiger partial charge is 0.333 e. The SMILES string of the molecule is O=c1[nH]c2ccccc2c(=O)n1-c1ccc(NS(=O)(=O)c2ccc(Cl)cc2)cc1. The van der Waals surface area contributed by atoms with Gasteiger partial charge in [-0.3, -0.25) is 9.52 Å². The molecule has 4 rings (SSSR count). The molecule has 4 aromatic rings. The zero-order valence-electron chi connectivity index (χ0n) is 14.8. The number of nitrogens with zero attached hydrogens (tertiary/aromatic N) is 1. The van der Waals surface area contributed by atoms with Gasteiger partial charge in [0.25, 0.3) is 15.6 Å². The summed E-state index contributed by atoms with van der Waals surface area (Å²) in [6.07, 6.45) is 0. The molecule has 3 aromatic carbocycles. The van der Waals surface area contributed by atoms with Gasteiger partial charge in [0.2, 0.25) is 0 Å². The van der Waals surface area contributed by atoms with Crippen LogP contribution in [0.2, 0.25) is 5.02 Å². The van der Waals surface area contributed by atoms with E-state index in [1.807, 2.05) is 0 Å². The molecule has 0 aliphatic heterocycles. The van der Waals surface area contributed by atoms with Crippen molar-refractivity contribution in [2.24, 2.45) is 0 Å². The van der Waals surface area contributed by atoms with Crippen molar-refractivity contribution in [3.63, 3.8) is 0 Å². The lowest BCUT2D eigenvalue weighted by atomic mass is 10.2. The van der Waals surface area contributed by atoms with E-state index in [2.05, 4.69) is 9.71 Å². The van der Waals surface area contributed by atoms with Crippen molar-refractivity contribution in [2.45, 2.75) is 4.90 Å². The molecule has 9 heteroatoms. The van der Waals surface area contributed by atoms with Gasteiger partial charge in [-0.2, -0.15) is 0 Å². The minimum Gasteiger partial charge on any atom is -0.306 e. The average Bonchev–Trinajstić information content (AvgIpc) is 2.69. The van der Waals surface area contributed by atoms with Gasteiger partial charge in [-0.1, -0.05) is 23.7 Å². The number of aromatic nitrogens is 2. The number of nitrogens with one attached hydrogen (secondary N) is 2. The summed E-state index contributed by atoms with van der Waals surface area (Å²) in [5, 5.41) is 0.805. The molecule has 2 N–H and O–H groups in total. The molecule has 29 heavy (non-hydrogen) atoms. The van der Waals surface area contributed by atoms with Crippen LogP contribution in [-0.2, 0) is 10.0 Å². The van der Waals surface area contributed by atoms with E-state index in [-0.39, 0.29) is 10.6 Å². The smallest absolute Gasteiger partial charge is 0.306 e. The number of H-pyrrole nitrogens is 1. The van der Waals surface area contributed by atoms with E-state index in [9.17, 15) is 18.0 Å². The van der Waals surface area contributed by atoms with Crippen LogP contribution < -0.4 is 16.0 Å². The number of halogens is 1. The molecule has 0 saturated heterocycles. The van der Waals surface area contributed by atoms with Crippen molar-refractivity contribution >= 4 is 38.2 Å². The molecular weight excluding hydrogens is 414 g/mol. The Balaban J connectivity index is 1.69. The first-order chi connectivity index (χ1) is 13.8. The normalized spacial score (nSPS) is 11.5. The second kappa shape index (κ2) is 7.23. The zero-order valence-corrected chi connectivity index (χ0v) is 16.4. The number of benzene rings is 3. The number of rotatable bonds is 4. The minimum absolute atomic E-state index is 0.0631. The Morgan fingerprint density at radius 3 is 2.21 bits per heavy atom. The number of aromatic amines is 1. The number of sulfonamides is 1. The maximum Gasteiger partial charge on any atom is 0.333 e. The number of para-hydroxylation sites is 1. The molecule has 7 nitrogen and oxygen atoms in total. The van der Waals surface area contributed by atoms with E-state index in [1.165, 1.54) is 48.5 Å². The fourth-order valence-corrected chi connectivity index (χ4v) is 4.09. The van der Waals surface area contributed by atoms with Gasteiger partial charge in [0, 0.05) is 10.7 Å². The second-order valence-electron chi connectivity index (χ2n) is 6.22. The Bertz CT molecular complexity index is 1420. The second-order valence-corrected chi connectivity index (χ2v) is 8.34. The van der Waals surface area contributed by atoms with E-state index >= 15 is 0 Å². The van der Waals surface area contributed by atoms with Crippen LogP contribution in [0, 0.1) is 0 Å². The highest BCUT2D eigenvalue weighted by Gasteiger charge is 2.14. The molecule has 0 aliphatic rings. The highest BCUT2D eigenvalue weighted by Crippen LogP contribution is 2.19. The molecule has 0 amide bonds. The van der Waals surface area contributed by atoms with Crippen molar-refractivity contribution in [1.82, 2.24) is 9.55 Å². The quantitative estimate of drug-likeness (QED) is 0.522. The highest BCUT2D eigenvalue weighted by molar-refractivity contribution is 7.92. The fourth-order valence-electron chi connectivity index (χ4n) is 2.90. The summed E-state index contributed by atoms with van der Waals surface area (Å²) in [4.78, 5) is 27.8. The van der Waals surface area contributed by atoms with Crippen molar-refractivity contribution in [3.05, 3.63) is 98.7 Å². The first kappa shape index (κ1) is 19.0. The third-order valence-corrected chi connectivity index (χ3v) is 5.96. The van der Waals surface area contributed by atoms with Crippen LogP contribution in [0.3, 0.4) is 0 Å². The number of fused-ring (bicyclic) bond motifs is 1. The molecule has 0 radical (unpaired) electrons. The summed E-state index contributed by atoms with van der Waals surface area (Å²) in [6.45, 7) is 0.